The van der Waals surface area contributed by atoms with Crippen molar-refractivity contribution in [3.8, 4) is 5.75 Å². The third-order valence-electron chi connectivity index (χ3n) is 2.95. The van der Waals surface area contributed by atoms with Crippen molar-refractivity contribution in [3.05, 3.63) is 59.1 Å². The average molecular weight is 313 g/mol. The zero-order chi connectivity index (χ0) is 15.2. The highest BCUT2D eigenvalue weighted by molar-refractivity contribution is 6.33. The summed E-state index contributed by atoms with van der Waals surface area (Å²) in [5.41, 5.74) is 7.39. The van der Waals surface area contributed by atoms with Crippen molar-refractivity contribution >= 4 is 17.3 Å². The summed E-state index contributed by atoms with van der Waals surface area (Å²) in [7, 11) is 0. The van der Waals surface area contributed by atoms with E-state index in [1.807, 2.05) is 18.2 Å². The number of anilines is 1. The zero-order valence-corrected chi connectivity index (χ0v) is 11.9. The molecule has 0 saturated carbocycles. The summed E-state index contributed by atoms with van der Waals surface area (Å²) >= 11 is 6.09. The van der Waals surface area contributed by atoms with Crippen molar-refractivity contribution in [3.63, 3.8) is 0 Å². The summed E-state index contributed by atoms with van der Waals surface area (Å²) in [5.74, 6) is 0.113. The third-order valence-corrected chi connectivity index (χ3v) is 3.28. The molecule has 0 fully saturated rings. The van der Waals surface area contributed by atoms with Crippen LogP contribution in [-0.2, 0) is 0 Å². The molecule has 0 aliphatic carbocycles. The number of ether oxygens (including phenoxy) is 1. The van der Waals surface area contributed by atoms with Gasteiger partial charge in [0.1, 0.15) is 5.75 Å². The molecule has 3 nitrogen and oxygen atoms in total. The molecule has 6 heteroatoms. The number of hydrogen-bond acceptors (Lipinski definition) is 3. The maximum atomic E-state index is 12.1. The summed E-state index contributed by atoms with van der Waals surface area (Å²) in [6.07, 6.45) is 0. The van der Waals surface area contributed by atoms with Gasteiger partial charge in [0.2, 0.25) is 0 Å². The van der Waals surface area contributed by atoms with Crippen molar-refractivity contribution < 1.29 is 13.5 Å². The van der Waals surface area contributed by atoms with Gasteiger partial charge in [-0.15, -0.1) is 0 Å². The van der Waals surface area contributed by atoms with Gasteiger partial charge in [-0.3, -0.25) is 0 Å². The van der Waals surface area contributed by atoms with Crippen LogP contribution in [0.25, 0.3) is 0 Å². The number of halogens is 3. The lowest BCUT2D eigenvalue weighted by molar-refractivity contribution is -0.0498. The Balaban J connectivity index is 2.12. The topological polar surface area (TPSA) is 47.3 Å². The normalized spacial score (nSPS) is 12.2. The van der Waals surface area contributed by atoms with E-state index in [0.29, 0.717) is 11.6 Å². The minimum atomic E-state index is -2.83. The van der Waals surface area contributed by atoms with E-state index < -0.39 is 6.61 Å². The average Bonchev–Trinajstić information content (AvgIpc) is 2.47. The standard InChI is InChI=1S/C15H15ClF2N2O/c16-12-3-1-2-4-13(12)20-14(9-19)10-5-7-11(8-6-10)21-15(17)18/h1-8,14-15,20H,9,19H2. The van der Waals surface area contributed by atoms with Crippen LogP contribution in [0, 0.1) is 0 Å². The van der Waals surface area contributed by atoms with Crippen LogP contribution in [0.2, 0.25) is 5.02 Å². The van der Waals surface area contributed by atoms with Crippen molar-refractivity contribution in [2.75, 3.05) is 11.9 Å². The first kappa shape index (κ1) is 15.5. The predicted octanol–water partition coefficient (Wildman–Crippen LogP) is 4.05. The molecule has 0 radical (unpaired) electrons. The Bertz CT molecular complexity index is 578. The van der Waals surface area contributed by atoms with Gasteiger partial charge in [0.05, 0.1) is 16.8 Å². The smallest absolute Gasteiger partial charge is 0.387 e. The number of benzene rings is 2. The Hall–Kier alpha value is -1.85. The van der Waals surface area contributed by atoms with Crippen LogP contribution < -0.4 is 15.8 Å². The Morgan fingerprint density at radius 2 is 1.76 bits per heavy atom. The monoisotopic (exact) mass is 312 g/mol. The van der Waals surface area contributed by atoms with Gasteiger partial charge >= 0.3 is 6.61 Å². The first-order valence-electron chi connectivity index (χ1n) is 6.36. The largest absolute Gasteiger partial charge is 0.435 e. The van der Waals surface area contributed by atoms with Crippen molar-refractivity contribution in [2.24, 2.45) is 5.73 Å². The molecule has 0 amide bonds. The van der Waals surface area contributed by atoms with Crippen LogP contribution in [-0.4, -0.2) is 13.2 Å². The van der Waals surface area contributed by atoms with Gasteiger partial charge in [-0.1, -0.05) is 35.9 Å². The molecule has 2 aromatic rings. The van der Waals surface area contributed by atoms with Gasteiger partial charge < -0.3 is 15.8 Å². The van der Waals surface area contributed by atoms with E-state index in [2.05, 4.69) is 10.1 Å². The lowest BCUT2D eigenvalue weighted by atomic mass is 10.1. The van der Waals surface area contributed by atoms with Crippen molar-refractivity contribution in [1.82, 2.24) is 0 Å². The fourth-order valence-electron chi connectivity index (χ4n) is 1.93. The predicted molar refractivity (Wildman–Crippen MR) is 79.9 cm³/mol. The maximum absolute atomic E-state index is 12.1. The van der Waals surface area contributed by atoms with Crippen LogP contribution in [0.5, 0.6) is 5.75 Å². The van der Waals surface area contributed by atoms with Crippen LogP contribution in [0.4, 0.5) is 14.5 Å². The second-order valence-electron chi connectivity index (χ2n) is 4.36. The van der Waals surface area contributed by atoms with Gasteiger partial charge in [0.25, 0.3) is 0 Å². The number of alkyl halides is 2. The quantitative estimate of drug-likeness (QED) is 0.846. The molecule has 2 aromatic carbocycles. The SMILES string of the molecule is NCC(Nc1ccccc1Cl)c1ccc(OC(F)F)cc1. The molecule has 0 aliphatic heterocycles. The molecule has 1 atom stereocenters. The van der Waals surface area contributed by atoms with Crippen molar-refractivity contribution in [2.45, 2.75) is 12.7 Å². The molecule has 3 N–H and O–H groups in total. The first-order chi connectivity index (χ1) is 10.1. The lowest BCUT2D eigenvalue weighted by Gasteiger charge is -2.19. The van der Waals surface area contributed by atoms with Crippen LogP contribution in [0.3, 0.4) is 0 Å². The molecule has 0 saturated heterocycles. The number of rotatable bonds is 6. The van der Waals surface area contributed by atoms with Gasteiger partial charge in [-0.2, -0.15) is 8.78 Å². The summed E-state index contributed by atoms with van der Waals surface area (Å²) in [6.45, 7) is -2.50. The third kappa shape index (κ3) is 4.31. The van der Waals surface area contributed by atoms with Crippen LogP contribution in [0.15, 0.2) is 48.5 Å². The summed E-state index contributed by atoms with van der Waals surface area (Å²) in [4.78, 5) is 0. The molecule has 2 rings (SSSR count). The Kier molecular flexibility index (Phi) is 5.36. The summed E-state index contributed by atoms with van der Waals surface area (Å²) in [6, 6.07) is 13.5. The Morgan fingerprint density at radius 3 is 2.33 bits per heavy atom. The van der Waals surface area contributed by atoms with E-state index in [-0.39, 0.29) is 11.8 Å². The van der Waals surface area contributed by atoms with Crippen LogP contribution in [0.1, 0.15) is 11.6 Å². The van der Waals surface area contributed by atoms with Crippen molar-refractivity contribution in [1.29, 1.82) is 0 Å². The molecular weight excluding hydrogens is 298 g/mol. The van der Waals surface area contributed by atoms with Gasteiger partial charge in [-0.05, 0) is 29.8 Å². The number of hydrogen-bond donors (Lipinski definition) is 2. The number of para-hydroxylation sites is 1. The Labute approximate surface area is 126 Å². The van der Waals surface area contributed by atoms with Gasteiger partial charge in [0, 0.05) is 6.54 Å². The highest BCUT2D eigenvalue weighted by atomic mass is 35.5. The molecule has 0 aliphatic rings. The van der Waals surface area contributed by atoms with E-state index in [0.717, 1.165) is 11.3 Å². The van der Waals surface area contributed by atoms with E-state index in [4.69, 9.17) is 17.3 Å². The highest BCUT2D eigenvalue weighted by Gasteiger charge is 2.12. The lowest BCUT2D eigenvalue weighted by Crippen LogP contribution is -2.20. The minimum Gasteiger partial charge on any atom is -0.435 e. The van der Waals surface area contributed by atoms with Gasteiger partial charge in [0.15, 0.2) is 0 Å². The molecule has 0 aromatic heterocycles. The van der Waals surface area contributed by atoms with E-state index >= 15 is 0 Å². The van der Waals surface area contributed by atoms with Crippen LogP contribution >= 0.6 is 11.6 Å². The molecule has 1 unspecified atom stereocenters. The minimum absolute atomic E-state index is 0.113. The molecule has 0 spiro atoms. The molecule has 21 heavy (non-hydrogen) atoms. The van der Waals surface area contributed by atoms with E-state index in [9.17, 15) is 8.78 Å². The fraction of sp³-hybridized carbons (Fsp3) is 0.200. The summed E-state index contributed by atoms with van der Waals surface area (Å²) in [5, 5.41) is 3.82. The number of nitrogens with two attached hydrogens (primary N) is 1. The van der Waals surface area contributed by atoms with E-state index in [1.165, 1.54) is 12.1 Å². The zero-order valence-electron chi connectivity index (χ0n) is 11.1. The Morgan fingerprint density at radius 1 is 1.10 bits per heavy atom. The number of nitrogens with one attached hydrogen (secondary N) is 1. The molecular formula is C15H15ClF2N2O. The molecule has 0 bridgehead atoms. The fourth-order valence-corrected chi connectivity index (χ4v) is 2.12. The molecule has 0 heterocycles. The van der Waals surface area contributed by atoms with Gasteiger partial charge in [-0.25, -0.2) is 0 Å². The highest BCUT2D eigenvalue weighted by Crippen LogP contribution is 2.26. The second kappa shape index (κ2) is 7.24. The summed E-state index contributed by atoms with van der Waals surface area (Å²) < 4.78 is 28.5. The maximum Gasteiger partial charge on any atom is 0.387 e. The van der Waals surface area contributed by atoms with E-state index in [1.54, 1.807) is 18.2 Å². The second-order valence-corrected chi connectivity index (χ2v) is 4.77. The first-order valence-corrected chi connectivity index (χ1v) is 6.74. The molecule has 112 valence electrons.